The Balaban J connectivity index is 2.05. The van der Waals surface area contributed by atoms with Crippen LogP contribution in [0.15, 0.2) is 0 Å². The van der Waals surface area contributed by atoms with Gasteiger partial charge in [0.1, 0.15) is 6.04 Å². The van der Waals surface area contributed by atoms with Gasteiger partial charge in [-0.05, 0) is 39.5 Å². The monoisotopic (exact) mass is 268 g/mol. The summed E-state index contributed by atoms with van der Waals surface area (Å²) in [6.07, 6.45) is 3.60. The Kier molecular flexibility index (Phi) is 4.45. The molecule has 0 aromatic carbocycles. The fraction of sp³-hybridized carbons (Fsp3) is 0.857. The molecule has 0 aromatic rings. The van der Waals surface area contributed by atoms with Crippen molar-refractivity contribution in [3.63, 3.8) is 0 Å². The van der Waals surface area contributed by atoms with Crippen LogP contribution in [0.1, 0.15) is 39.5 Å². The number of rotatable bonds is 5. The smallest absolute Gasteiger partial charge is 0.245 e. The third-order valence-electron chi connectivity index (χ3n) is 3.99. The Labute approximate surface area is 114 Å². The average molecular weight is 268 g/mol. The van der Waals surface area contributed by atoms with Crippen LogP contribution in [-0.2, 0) is 9.59 Å². The van der Waals surface area contributed by atoms with E-state index in [1.54, 1.807) is 9.80 Å². The van der Waals surface area contributed by atoms with Gasteiger partial charge in [0.15, 0.2) is 0 Å². The Hall–Kier alpha value is -1.10. The number of aliphatic hydroxyl groups is 1. The number of carbonyl (C=O) groups excluding carboxylic acids is 2. The molecule has 1 aliphatic heterocycles. The number of hydrogen-bond acceptors (Lipinski definition) is 3. The molecule has 2 aliphatic rings. The summed E-state index contributed by atoms with van der Waals surface area (Å²) < 4.78 is 0. The lowest BCUT2D eigenvalue weighted by Crippen LogP contribution is -2.51. The molecule has 0 bridgehead atoms. The van der Waals surface area contributed by atoms with Crippen molar-refractivity contribution in [2.75, 3.05) is 19.7 Å². The number of likely N-dealkylation sites (tertiary alicyclic amines) is 1. The van der Waals surface area contributed by atoms with E-state index in [0.29, 0.717) is 13.1 Å². The predicted molar refractivity (Wildman–Crippen MR) is 71.4 cm³/mol. The van der Waals surface area contributed by atoms with Crippen molar-refractivity contribution >= 4 is 11.8 Å². The molecule has 1 atom stereocenters. The van der Waals surface area contributed by atoms with Crippen LogP contribution in [0.25, 0.3) is 0 Å². The normalized spacial score (nSPS) is 22.9. The first-order valence-electron chi connectivity index (χ1n) is 7.28. The van der Waals surface area contributed by atoms with Crippen molar-refractivity contribution in [1.82, 2.24) is 9.80 Å². The Morgan fingerprint density at radius 3 is 2.53 bits per heavy atom. The zero-order valence-corrected chi connectivity index (χ0v) is 11.8. The summed E-state index contributed by atoms with van der Waals surface area (Å²) in [6.45, 7) is 4.90. The van der Waals surface area contributed by atoms with Crippen LogP contribution < -0.4 is 0 Å². The number of nitrogens with zero attached hydrogens (tertiary/aromatic N) is 2. The number of hydrogen-bond donors (Lipinski definition) is 1. The van der Waals surface area contributed by atoms with E-state index in [2.05, 4.69) is 0 Å². The summed E-state index contributed by atoms with van der Waals surface area (Å²) in [4.78, 5) is 28.2. The van der Waals surface area contributed by atoms with E-state index in [9.17, 15) is 9.59 Å². The van der Waals surface area contributed by atoms with E-state index in [1.807, 2.05) is 13.8 Å². The SMILES string of the molecule is CC(C)N(CCO)C(=O)C1CCCN1C(=O)C1CC1. The van der Waals surface area contributed by atoms with Crippen molar-refractivity contribution in [3.8, 4) is 0 Å². The first-order valence-corrected chi connectivity index (χ1v) is 7.28. The minimum absolute atomic E-state index is 0.00412. The maximum atomic E-state index is 12.6. The lowest BCUT2D eigenvalue weighted by Gasteiger charge is -2.32. The number of aliphatic hydroxyl groups excluding tert-OH is 1. The average Bonchev–Trinajstić information content (AvgIpc) is 3.11. The Morgan fingerprint density at radius 2 is 2.00 bits per heavy atom. The summed E-state index contributed by atoms with van der Waals surface area (Å²) in [5.74, 6) is 0.317. The zero-order chi connectivity index (χ0) is 14.0. The van der Waals surface area contributed by atoms with Crippen LogP contribution in [-0.4, -0.2) is 58.5 Å². The molecule has 1 saturated carbocycles. The molecule has 1 saturated heterocycles. The Bertz CT molecular complexity index is 353. The van der Waals surface area contributed by atoms with E-state index in [0.717, 1.165) is 25.7 Å². The van der Waals surface area contributed by atoms with E-state index in [1.165, 1.54) is 0 Å². The zero-order valence-electron chi connectivity index (χ0n) is 11.8. The molecule has 5 nitrogen and oxygen atoms in total. The fourth-order valence-corrected chi connectivity index (χ4v) is 2.77. The van der Waals surface area contributed by atoms with Crippen molar-refractivity contribution in [1.29, 1.82) is 0 Å². The minimum atomic E-state index is -0.304. The minimum Gasteiger partial charge on any atom is -0.395 e. The molecule has 0 aromatic heterocycles. The third-order valence-corrected chi connectivity index (χ3v) is 3.99. The van der Waals surface area contributed by atoms with Gasteiger partial charge in [-0.1, -0.05) is 0 Å². The van der Waals surface area contributed by atoms with Gasteiger partial charge >= 0.3 is 0 Å². The second kappa shape index (κ2) is 5.90. The lowest BCUT2D eigenvalue weighted by atomic mass is 10.1. The van der Waals surface area contributed by atoms with Crippen LogP contribution in [0.5, 0.6) is 0 Å². The molecule has 2 fully saturated rings. The molecule has 1 N–H and O–H groups in total. The maximum Gasteiger partial charge on any atom is 0.245 e. The summed E-state index contributed by atoms with van der Waals surface area (Å²) >= 11 is 0. The molecule has 108 valence electrons. The van der Waals surface area contributed by atoms with Crippen LogP contribution in [0.2, 0.25) is 0 Å². The largest absolute Gasteiger partial charge is 0.395 e. The van der Waals surface area contributed by atoms with Gasteiger partial charge in [-0.3, -0.25) is 9.59 Å². The first kappa shape index (κ1) is 14.3. The molecule has 5 heteroatoms. The van der Waals surface area contributed by atoms with Crippen molar-refractivity contribution < 1.29 is 14.7 Å². The predicted octanol–water partition coefficient (Wildman–Crippen LogP) is 0.617. The van der Waals surface area contributed by atoms with E-state index in [-0.39, 0.29) is 36.4 Å². The molecule has 0 radical (unpaired) electrons. The standard InChI is InChI=1S/C14H24N2O3/c1-10(2)15(8-9-17)14(19)12-4-3-7-16(12)13(18)11-5-6-11/h10-12,17H,3-9H2,1-2H3. The topological polar surface area (TPSA) is 60.9 Å². The Morgan fingerprint density at radius 1 is 1.32 bits per heavy atom. The molecule has 1 unspecified atom stereocenters. The van der Waals surface area contributed by atoms with E-state index >= 15 is 0 Å². The summed E-state index contributed by atoms with van der Waals surface area (Å²) in [6, 6.07) is -0.250. The van der Waals surface area contributed by atoms with E-state index in [4.69, 9.17) is 5.11 Å². The summed E-state index contributed by atoms with van der Waals surface area (Å²) in [7, 11) is 0. The number of amides is 2. The molecule has 1 heterocycles. The number of carbonyl (C=O) groups is 2. The van der Waals surface area contributed by atoms with Gasteiger partial charge in [-0.15, -0.1) is 0 Å². The molecule has 1 aliphatic carbocycles. The van der Waals surface area contributed by atoms with Gasteiger partial charge in [0, 0.05) is 25.0 Å². The third kappa shape index (κ3) is 3.08. The molecule has 2 rings (SSSR count). The summed E-state index contributed by atoms with van der Waals surface area (Å²) in [5.41, 5.74) is 0. The highest BCUT2D eigenvalue weighted by molar-refractivity contribution is 5.90. The fourth-order valence-electron chi connectivity index (χ4n) is 2.77. The van der Waals surface area contributed by atoms with Gasteiger partial charge in [-0.25, -0.2) is 0 Å². The van der Waals surface area contributed by atoms with Crippen LogP contribution in [0.4, 0.5) is 0 Å². The quantitative estimate of drug-likeness (QED) is 0.795. The van der Waals surface area contributed by atoms with Gasteiger partial charge in [0.25, 0.3) is 0 Å². The van der Waals surface area contributed by atoms with Gasteiger partial charge < -0.3 is 14.9 Å². The molecule has 2 amide bonds. The van der Waals surface area contributed by atoms with E-state index < -0.39 is 0 Å². The van der Waals surface area contributed by atoms with Gasteiger partial charge in [-0.2, -0.15) is 0 Å². The second-order valence-corrected chi connectivity index (χ2v) is 5.81. The van der Waals surface area contributed by atoms with Crippen molar-refractivity contribution in [2.45, 2.75) is 51.6 Å². The summed E-state index contributed by atoms with van der Waals surface area (Å²) in [5, 5.41) is 9.08. The second-order valence-electron chi connectivity index (χ2n) is 5.81. The molecule has 0 spiro atoms. The van der Waals surface area contributed by atoms with Crippen LogP contribution >= 0.6 is 0 Å². The maximum absolute atomic E-state index is 12.6. The lowest BCUT2D eigenvalue weighted by molar-refractivity contribution is -0.145. The molecule has 19 heavy (non-hydrogen) atoms. The molecular formula is C14H24N2O3. The highest BCUT2D eigenvalue weighted by atomic mass is 16.3. The van der Waals surface area contributed by atoms with Crippen molar-refractivity contribution in [3.05, 3.63) is 0 Å². The van der Waals surface area contributed by atoms with Crippen molar-refractivity contribution in [2.24, 2.45) is 5.92 Å². The first-order chi connectivity index (χ1) is 9.06. The van der Waals surface area contributed by atoms with Gasteiger partial charge in [0.05, 0.1) is 6.61 Å². The highest BCUT2D eigenvalue weighted by Crippen LogP contribution is 2.34. The highest BCUT2D eigenvalue weighted by Gasteiger charge is 2.42. The van der Waals surface area contributed by atoms with Crippen LogP contribution in [0.3, 0.4) is 0 Å². The van der Waals surface area contributed by atoms with Crippen LogP contribution in [0, 0.1) is 5.92 Å². The van der Waals surface area contributed by atoms with Gasteiger partial charge in [0.2, 0.25) is 11.8 Å². The molecular weight excluding hydrogens is 244 g/mol.